The summed E-state index contributed by atoms with van der Waals surface area (Å²) in [6.45, 7) is 0. The monoisotopic (exact) mass is 295 g/mol. The molecule has 2 bridgehead atoms. The standard InChI is InChI=1S/C15H18ClNO3/c16-9-4-5-14(19)13(6-9)15(20)17-10-2-1-3-11(17)8-12(18)7-10/h4-6,10-12,18-19H,1-3,7-8H2/t10-,11+,12?. The number of rotatable bonds is 1. The van der Waals surface area contributed by atoms with Crippen LogP contribution in [0.15, 0.2) is 18.2 Å². The van der Waals surface area contributed by atoms with E-state index in [2.05, 4.69) is 0 Å². The Kier molecular flexibility index (Phi) is 3.61. The highest BCUT2D eigenvalue weighted by Crippen LogP contribution is 2.36. The molecule has 0 radical (unpaired) electrons. The topological polar surface area (TPSA) is 60.8 Å². The van der Waals surface area contributed by atoms with Crippen LogP contribution in [-0.2, 0) is 0 Å². The van der Waals surface area contributed by atoms with Crippen molar-refractivity contribution in [1.82, 2.24) is 4.90 Å². The van der Waals surface area contributed by atoms with Crippen LogP contribution in [0.25, 0.3) is 0 Å². The first-order chi connectivity index (χ1) is 9.56. The van der Waals surface area contributed by atoms with Crippen molar-refractivity contribution in [2.75, 3.05) is 0 Å². The van der Waals surface area contributed by atoms with E-state index in [-0.39, 0.29) is 35.4 Å². The van der Waals surface area contributed by atoms with Gasteiger partial charge >= 0.3 is 0 Å². The fourth-order valence-corrected chi connectivity index (χ4v) is 3.67. The van der Waals surface area contributed by atoms with Gasteiger partial charge in [-0.3, -0.25) is 4.79 Å². The highest BCUT2D eigenvalue weighted by atomic mass is 35.5. The van der Waals surface area contributed by atoms with E-state index < -0.39 is 0 Å². The molecule has 108 valence electrons. The summed E-state index contributed by atoms with van der Waals surface area (Å²) < 4.78 is 0. The molecule has 5 heteroatoms. The lowest BCUT2D eigenvalue weighted by molar-refractivity contribution is -0.0152. The molecule has 2 aliphatic rings. The van der Waals surface area contributed by atoms with E-state index in [9.17, 15) is 15.0 Å². The number of halogens is 1. The van der Waals surface area contributed by atoms with Crippen molar-refractivity contribution in [3.63, 3.8) is 0 Å². The molecule has 1 aromatic rings. The van der Waals surface area contributed by atoms with Gasteiger partial charge in [-0.1, -0.05) is 11.6 Å². The molecule has 1 aromatic carbocycles. The second-order valence-corrected chi connectivity index (χ2v) is 6.17. The van der Waals surface area contributed by atoms with Gasteiger partial charge in [0, 0.05) is 17.1 Å². The number of piperidine rings is 2. The van der Waals surface area contributed by atoms with Crippen LogP contribution in [0.5, 0.6) is 5.75 Å². The zero-order valence-corrected chi connectivity index (χ0v) is 11.9. The number of aliphatic hydroxyl groups excluding tert-OH is 1. The quantitative estimate of drug-likeness (QED) is 0.837. The summed E-state index contributed by atoms with van der Waals surface area (Å²) in [4.78, 5) is 14.6. The van der Waals surface area contributed by atoms with Crippen molar-refractivity contribution in [2.24, 2.45) is 0 Å². The molecular formula is C15H18ClNO3. The number of aromatic hydroxyl groups is 1. The lowest BCUT2D eigenvalue weighted by Gasteiger charge is -2.47. The van der Waals surface area contributed by atoms with Crippen LogP contribution in [0.1, 0.15) is 42.5 Å². The Morgan fingerprint density at radius 2 is 1.90 bits per heavy atom. The van der Waals surface area contributed by atoms with Crippen molar-refractivity contribution < 1.29 is 15.0 Å². The van der Waals surface area contributed by atoms with E-state index in [1.807, 2.05) is 4.90 Å². The average Bonchev–Trinajstić information content (AvgIpc) is 2.40. The van der Waals surface area contributed by atoms with Gasteiger partial charge < -0.3 is 15.1 Å². The molecule has 3 rings (SSSR count). The summed E-state index contributed by atoms with van der Waals surface area (Å²) in [5.41, 5.74) is 0.255. The van der Waals surface area contributed by atoms with Gasteiger partial charge in [-0.25, -0.2) is 0 Å². The minimum Gasteiger partial charge on any atom is -0.507 e. The van der Waals surface area contributed by atoms with Crippen molar-refractivity contribution in [3.05, 3.63) is 28.8 Å². The van der Waals surface area contributed by atoms with Gasteiger partial charge in [0.15, 0.2) is 0 Å². The van der Waals surface area contributed by atoms with E-state index in [1.165, 1.54) is 12.1 Å². The van der Waals surface area contributed by atoms with Gasteiger partial charge in [0.2, 0.25) is 0 Å². The van der Waals surface area contributed by atoms with Gasteiger partial charge in [0.1, 0.15) is 5.75 Å². The van der Waals surface area contributed by atoms with Crippen molar-refractivity contribution >= 4 is 17.5 Å². The molecule has 1 unspecified atom stereocenters. The number of phenols is 1. The summed E-state index contributed by atoms with van der Waals surface area (Å²) >= 11 is 5.92. The molecule has 4 nitrogen and oxygen atoms in total. The molecule has 3 atom stereocenters. The maximum atomic E-state index is 12.7. The van der Waals surface area contributed by atoms with Gasteiger partial charge in [0.25, 0.3) is 5.91 Å². The second-order valence-electron chi connectivity index (χ2n) is 5.74. The Morgan fingerprint density at radius 1 is 1.25 bits per heavy atom. The molecule has 0 aliphatic carbocycles. The molecule has 2 N–H and O–H groups in total. The number of aliphatic hydroxyl groups is 1. The molecule has 20 heavy (non-hydrogen) atoms. The van der Waals surface area contributed by atoms with Crippen LogP contribution in [0.2, 0.25) is 5.02 Å². The molecular weight excluding hydrogens is 278 g/mol. The predicted molar refractivity (Wildman–Crippen MR) is 76.0 cm³/mol. The number of carbonyl (C=O) groups is 1. The van der Waals surface area contributed by atoms with E-state index in [0.717, 1.165) is 19.3 Å². The first-order valence-electron chi connectivity index (χ1n) is 7.05. The van der Waals surface area contributed by atoms with Crippen molar-refractivity contribution in [2.45, 2.75) is 50.3 Å². The second kappa shape index (κ2) is 5.26. The van der Waals surface area contributed by atoms with Crippen LogP contribution in [-0.4, -0.2) is 39.2 Å². The van der Waals surface area contributed by atoms with Crippen LogP contribution < -0.4 is 0 Å². The zero-order valence-electron chi connectivity index (χ0n) is 11.1. The summed E-state index contributed by atoms with van der Waals surface area (Å²) in [6.07, 6.45) is 3.86. The lowest BCUT2D eigenvalue weighted by Crippen LogP contribution is -2.55. The van der Waals surface area contributed by atoms with E-state index >= 15 is 0 Å². The van der Waals surface area contributed by atoms with Gasteiger partial charge in [-0.2, -0.15) is 0 Å². The molecule has 1 amide bonds. The molecule has 2 heterocycles. The Hall–Kier alpha value is -1.26. The van der Waals surface area contributed by atoms with E-state index in [0.29, 0.717) is 17.9 Å². The number of benzene rings is 1. The fourth-order valence-electron chi connectivity index (χ4n) is 3.50. The first kappa shape index (κ1) is 13.7. The van der Waals surface area contributed by atoms with Gasteiger partial charge in [-0.05, 0) is 50.3 Å². The third-order valence-electron chi connectivity index (χ3n) is 4.37. The van der Waals surface area contributed by atoms with Crippen molar-refractivity contribution in [1.29, 1.82) is 0 Å². The first-order valence-corrected chi connectivity index (χ1v) is 7.43. The number of hydrogen-bond acceptors (Lipinski definition) is 3. The summed E-state index contributed by atoms with van der Waals surface area (Å²) in [7, 11) is 0. The average molecular weight is 296 g/mol. The zero-order chi connectivity index (χ0) is 14.3. The predicted octanol–water partition coefficient (Wildman–Crippen LogP) is 2.56. The molecule has 0 saturated carbocycles. The smallest absolute Gasteiger partial charge is 0.258 e. The van der Waals surface area contributed by atoms with Crippen LogP contribution in [0.4, 0.5) is 0 Å². The molecule has 2 saturated heterocycles. The fraction of sp³-hybridized carbons (Fsp3) is 0.533. The normalized spacial score (nSPS) is 29.3. The number of phenolic OH excluding ortho intramolecular Hbond substituents is 1. The molecule has 0 spiro atoms. The summed E-state index contributed by atoms with van der Waals surface area (Å²) in [5.74, 6) is -0.213. The number of carbonyl (C=O) groups excluding carboxylic acids is 1. The SMILES string of the molecule is O=C(c1cc(Cl)ccc1O)N1[C@@H]2CCC[C@H]1CC(O)C2. The van der Waals surface area contributed by atoms with Gasteiger partial charge in [-0.15, -0.1) is 0 Å². The molecule has 0 aromatic heterocycles. The maximum Gasteiger partial charge on any atom is 0.258 e. The lowest BCUT2D eigenvalue weighted by atomic mass is 9.82. The Morgan fingerprint density at radius 3 is 2.55 bits per heavy atom. The third kappa shape index (κ3) is 2.38. The highest BCUT2D eigenvalue weighted by Gasteiger charge is 2.41. The Labute approximate surface area is 123 Å². The maximum absolute atomic E-state index is 12.7. The minimum atomic E-state index is -0.317. The highest BCUT2D eigenvalue weighted by molar-refractivity contribution is 6.31. The van der Waals surface area contributed by atoms with Crippen LogP contribution >= 0.6 is 11.6 Å². The van der Waals surface area contributed by atoms with Gasteiger partial charge in [0.05, 0.1) is 11.7 Å². The summed E-state index contributed by atoms with van der Waals surface area (Å²) in [6, 6.07) is 4.67. The van der Waals surface area contributed by atoms with Crippen LogP contribution in [0, 0.1) is 0 Å². The summed E-state index contributed by atoms with van der Waals surface area (Å²) in [5, 5.41) is 20.2. The number of hydrogen-bond donors (Lipinski definition) is 2. The van der Waals surface area contributed by atoms with Crippen LogP contribution in [0.3, 0.4) is 0 Å². The molecule has 2 fully saturated rings. The van der Waals surface area contributed by atoms with Crippen molar-refractivity contribution in [3.8, 4) is 5.75 Å². The third-order valence-corrected chi connectivity index (χ3v) is 4.61. The number of nitrogens with zero attached hydrogens (tertiary/aromatic N) is 1. The Balaban J connectivity index is 1.91. The minimum absolute atomic E-state index is 0.0383. The Bertz CT molecular complexity index is 520. The number of amides is 1. The van der Waals surface area contributed by atoms with E-state index in [1.54, 1.807) is 6.07 Å². The largest absolute Gasteiger partial charge is 0.507 e. The van der Waals surface area contributed by atoms with E-state index in [4.69, 9.17) is 11.6 Å². The number of fused-ring (bicyclic) bond motifs is 2. The molecule has 2 aliphatic heterocycles.